The number of hydrogen-bond donors (Lipinski definition) is 0. The first-order valence-electron chi connectivity index (χ1n) is 11.3. The first-order valence-corrected chi connectivity index (χ1v) is 11.3. The van der Waals surface area contributed by atoms with Crippen molar-refractivity contribution in [2.24, 2.45) is 9.98 Å². The van der Waals surface area contributed by atoms with E-state index < -0.39 is 0 Å². The van der Waals surface area contributed by atoms with Gasteiger partial charge in [0.05, 0.1) is 24.6 Å². The van der Waals surface area contributed by atoms with E-state index in [4.69, 9.17) is 9.73 Å². The molecular weight excluding hydrogens is 404 g/mol. The van der Waals surface area contributed by atoms with E-state index in [-0.39, 0.29) is 11.5 Å². The number of aliphatic imine (C=N–C) groups is 2. The number of methoxy groups -OCH3 is 1. The molecule has 1 aliphatic heterocycles. The lowest BCUT2D eigenvalue weighted by atomic mass is 9.81. The minimum Gasteiger partial charge on any atom is -0.501 e. The van der Waals surface area contributed by atoms with Crippen LogP contribution in [0.1, 0.15) is 37.5 Å². The Hall–Kier alpha value is -3.72. The molecule has 0 spiro atoms. The van der Waals surface area contributed by atoms with Gasteiger partial charge in [-0.2, -0.15) is 0 Å². The van der Waals surface area contributed by atoms with Crippen molar-refractivity contribution in [3.05, 3.63) is 113 Å². The number of hydrogen-bond acceptors (Lipinski definition) is 3. The molecule has 164 valence electrons. The number of benzene rings is 2. The van der Waals surface area contributed by atoms with Crippen molar-refractivity contribution in [2.75, 3.05) is 7.11 Å². The molecule has 1 unspecified atom stereocenters. The maximum absolute atomic E-state index is 5.36. The fourth-order valence-electron chi connectivity index (χ4n) is 4.71. The Morgan fingerprint density at radius 1 is 1.06 bits per heavy atom. The molecule has 33 heavy (non-hydrogen) atoms. The zero-order chi connectivity index (χ0) is 23.0. The number of ether oxygens (including phenoxy) is 1. The van der Waals surface area contributed by atoms with Gasteiger partial charge in [-0.25, -0.2) is 0 Å². The maximum Gasteiger partial charge on any atom is 0.0935 e. The van der Waals surface area contributed by atoms with Crippen molar-refractivity contribution >= 4 is 18.0 Å². The molecule has 2 aromatic rings. The van der Waals surface area contributed by atoms with E-state index in [1.165, 1.54) is 27.8 Å². The molecule has 1 heterocycles. The van der Waals surface area contributed by atoms with Crippen LogP contribution in [-0.4, -0.2) is 25.6 Å². The van der Waals surface area contributed by atoms with E-state index in [1.807, 2.05) is 37.6 Å². The van der Waals surface area contributed by atoms with Gasteiger partial charge in [0.15, 0.2) is 0 Å². The molecule has 0 aromatic heterocycles. The summed E-state index contributed by atoms with van der Waals surface area (Å²) in [5.74, 6) is 0.850. The zero-order valence-corrected chi connectivity index (χ0v) is 19.5. The van der Waals surface area contributed by atoms with Crippen LogP contribution < -0.4 is 0 Å². The van der Waals surface area contributed by atoms with Crippen molar-refractivity contribution in [1.29, 1.82) is 0 Å². The summed E-state index contributed by atoms with van der Waals surface area (Å²) in [5, 5.41) is 0. The van der Waals surface area contributed by atoms with E-state index in [0.29, 0.717) is 0 Å². The van der Waals surface area contributed by atoms with Crippen molar-refractivity contribution in [3.8, 4) is 11.1 Å². The van der Waals surface area contributed by atoms with Crippen LogP contribution in [-0.2, 0) is 10.2 Å². The lowest BCUT2D eigenvalue weighted by Gasteiger charge is -2.22. The van der Waals surface area contributed by atoms with Gasteiger partial charge in [0.2, 0.25) is 0 Å². The molecule has 0 saturated heterocycles. The summed E-state index contributed by atoms with van der Waals surface area (Å²) in [6.07, 6.45) is 16.2. The molecule has 0 amide bonds. The van der Waals surface area contributed by atoms with Crippen LogP contribution in [0.4, 0.5) is 0 Å². The standard InChI is InChI=1S/C30H28N2O/c1-20(33-4)9-10-23(19-32-24-12-14-29-22(17-24)15-16-31-29)21-11-13-26-25-7-5-6-8-27(25)30(2,3)28(26)18-21/h5-19,29H,1-4H3/b20-9+,23-10+,32-19?. The highest BCUT2D eigenvalue weighted by Crippen LogP contribution is 2.49. The van der Waals surface area contributed by atoms with Gasteiger partial charge in [0.1, 0.15) is 0 Å². The van der Waals surface area contributed by atoms with Gasteiger partial charge in [-0.1, -0.05) is 56.3 Å². The first kappa shape index (κ1) is 21.1. The van der Waals surface area contributed by atoms with E-state index >= 15 is 0 Å². The third-order valence-electron chi connectivity index (χ3n) is 6.71. The first-order chi connectivity index (χ1) is 16.0. The van der Waals surface area contributed by atoms with Gasteiger partial charge in [-0.05, 0) is 76.8 Å². The largest absolute Gasteiger partial charge is 0.501 e. The third kappa shape index (κ3) is 3.84. The Balaban J connectivity index is 1.54. The fourth-order valence-corrected chi connectivity index (χ4v) is 4.71. The Labute approximate surface area is 195 Å². The number of rotatable bonds is 5. The summed E-state index contributed by atoms with van der Waals surface area (Å²) < 4.78 is 5.36. The summed E-state index contributed by atoms with van der Waals surface area (Å²) in [6.45, 7) is 6.56. The van der Waals surface area contributed by atoms with Crippen LogP contribution in [0.25, 0.3) is 16.7 Å². The predicted molar refractivity (Wildman–Crippen MR) is 139 cm³/mol. The minimum atomic E-state index is -0.0406. The second kappa shape index (κ2) is 8.32. The molecule has 0 bridgehead atoms. The number of nitrogens with zero attached hydrogens (tertiary/aromatic N) is 2. The lowest BCUT2D eigenvalue weighted by molar-refractivity contribution is 0.294. The molecule has 2 aliphatic carbocycles. The van der Waals surface area contributed by atoms with Crippen molar-refractivity contribution in [1.82, 2.24) is 0 Å². The van der Waals surface area contributed by atoms with Crippen LogP contribution >= 0.6 is 0 Å². The molecule has 0 saturated carbocycles. The van der Waals surface area contributed by atoms with Crippen LogP contribution in [0.2, 0.25) is 0 Å². The summed E-state index contributed by atoms with van der Waals surface area (Å²) >= 11 is 0. The van der Waals surface area contributed by atoms with E-state index in [0.717, 1.165) is 22.6 Å². The Morgan fingerprint density at radius 2 is 1.88 bits per heavy atom. The third-order valence-corrected chi connectivity index (χ3v) is 6.71. The van der Waals surface area contributed by atoms with Gasteiger partial charge in [-0.3, -0.25) is 9.98 Å². The molecule has 2 aromatic carbocycles. The fraction of sp³-hybridized carbons (Fsp3) is 0.200. The topological polar surface area (TPSA) is 34.0 Å². The van der Waals surface area contributed by atoms with E-state index in [2.05, 4.69) is 79.5 Å². The Kier molecular flexibility index (Phi) is 5.33. The zero-order valence-electron chi connectivity index (χ0n) is 19.5. The normalized spacial score (nSPS) is 20.4. The minimum absolute atomic E-state index is 0.0406. The number of fused-ring (bicyclic) bond motifs is 4. The molecule has 3 heteroatoms. The van der Waals surface area contributed by atoms with E-state index in [9.17, 15) is 0 Å². The van der Waals surface area contributed by atoms with Crippen molar-refractivity contribution in [3.63, 3.8) is 0 Å². The average molecular weight is 433 g/mol. The molecule has 3 nitrogen and oxygen atoms in total. The Morgan fingerprint density at radius 3 is 2.73 bits per heavy atom. The smallest absolute Gasteiger partial charge is 0.0935 e. The van der Waals surface area contributed by atoms with Crippen LogP contribution in [0, 0.1) is 0 Å². The predicted octanol–water partition coefficient (Wildman–Crippen LogP) is 6.83. The van der Waals surface area contributed by atoms with Gasteiger partial charge >= 0.3 is 0 Å². The van der Waals surface area contributed by atoms with Crippen molar-refractivity contribution < 1.29 is 4.74 Å². The Bertz CT molecular complexity index is 1330. The average Bonchev–Trinajstić information content (AvgIpc) is 3.39. The highest BCUT2D eigenvalue weighted by Gasteiger charge is 2.35. The molecule has 0 fully saturated rings. The second-order valence-corrected chi connectivity index (χ2v) is 9.13. The SMILES string of the molecule is CO/C(C)=C/C=C(\C=NC1=CC2=CC=NC2C=C1)c1ccc2c(c1)C(C)(C)c1ccccc1-2. The lowest BCUT2D eigenvalue weighted by Crippen LogP contribution is -2.15. The summed E-state index contributed by atoms with van der Waals surface area (Å²) in [4.78, 5) is 9.23. The quantitative estimate of drug-likeness (QED) is 0.290. The van der Waals surface area contributed by atoms with Gasteiger partial charge in [0, 0.05) is 23.4 Å². The van der Waals surface area contributed by atoms with Gasteiger partial charge < -0.3 is 4.74 Å². The molecule has 1 atom stereocenters. The van der Waals surface area contributed by atoms with Gasteiger partial charge in [0.25, 0.3) is 0 Å². The highest BCUT2D eigenvalue weighted by atomic mass is 16.5. The monoisotopic (exact) mass is 432 g/mol. The van der Waals surface area contributed by atoms with Crippen molar-refractivity contribution in [2.45, 2.75) is 32.2 Å². The van der Waals surface area contributed by atoms with Crippen LogP contribution in [0.15, 0.2) is 106 Å². The van der Waals surface area contributed by atoms with E-state index in [1.54, 1.807) is 7.11 Å². The summed E-state index contributed by atoms with van der Waals surface area (Å²) in [7, 11) is 1.69. The summed E-state index contributed by atoms with van der Waals surface area (Å²) in [6, 6.07) is 15.6. The van der Waals surface area contributed by atoms with Crippen LogP contribution in [0.5, 0.6) is 0 Å². The second-order valence-electron chi connectivity index (χ2n) is 9.13. The van der Waals surface area contributed by atoms with Gasteiger partial charge in [-0.15, -0.1) is 0 Å². The van der Waals surface area contributed by atoms with Crippen LogP contribution in [0.3, 0.4) is 0 Å². The molecular formula is C30H28N2O. The maximum atomic E-state index is 5.36. The molecule has 0 radical (unpaired) electrons. The molecule has 0 N–H and O–H groups in total. The highest BCUT2D eigenvalue weighted by molar-refractivity contribution is 6.11. The number of allylic oxidation sites excluding steroid dienone is 6. The molecule has 5 rings (SSSR count). The molecule has 3 aliphatic rings. The summed E-state index contributed by atoms with van der Waals surface area (Å²) in [5.41, 5.74) is 9.62.